The van der Waals surface area contributed by atoms with Gasteiger partial charge in [0.1, 0.15) is 5.69 Å². The molecule has 0 saturated carbocycles. The molecular formula is C17H24ClN5O3. The van der Waals surface area contributed by atoms with Crippen LogP contribution in [0.5, 0.6) is 0 Å². The molecule has 3 saturated heterocycles. The van der Waals surface area contributed by atoms with Gasteiger partial charge in [-0.15, -0.1) is 12.4 Å². The van der Waals surface area contributed by atoms with Crippen LogP contribution in [0.2, 0.25) is 0 Å². The molecule has 0 aromatic carbocycles. The molecule has 0 spiro atoms. The first-order valence-electron chi connectivity index (χ1n) is 8.99. The lowest BCUT2D eigenvalue weighted by Gasteiger charge is -2.54. The maximum absolute atomic E-state index is 12.6. The average Bonchev–Trinajstić information content (AvgIpc) is 2.63. The van der Waals surface area contributed by atoms with Crippen LogP contribution in [-0.4, -0.2) is 58.6 Å². The molecule has 3 N–H and O–H groups in total. The summed E-state index contributed by atoms with van der Waals surface area (Å²) in [5.74, 6) is 0.772. The standard InChI is InChI=1S/C17H23N5O3.ClH/c23-15-5-4-12(20-21-15)17(25)19-9-14-11-6-10(7-18-8-11)13-2-1-3-16(24)22(13)14;/h4-5,10-11,13-14,18H,1-3,6-9H2,(H,19,25)(H,21,23);1H/t10-,11+,13+,14+;/m1./s1. The highest BCUT2D eigenvalue weighted by atomic mass is 35.5. The summed E-state index contributed by atoms with van der Waals surface area (Å²) < 4.78 is 0. The molecule has 9 heteroatoms. The molecule has 3 aliphatic rings. The van der Waals surface area contributed by atoms with Crippen LogP contribution < -0.4 is 16.2 Å². The summed E-state index contributed by atoms with van der Waals surface area (Å²) in [6, 6.07) is 3.00. The van der Waals surface area contributed by atoms with Crippen molar-refractivity contribution in [3.8, 4) is 0 Å². The third-order valence-electron chi connectivity index (χ3n) is 5.78. The van der Waals surface area contributed by atoms with Crippen molar-refractivity contribution < 1.29 is 9.59 Å². The molecule has 0 unspecified atom stereocenters. The second-order valence-corrected chi connectivity index (χ2v) is 7.26. The van der Waals surface area contributed by atoms with E-state index in [2.05, 4.69) is 25.7 Å². The van der Waals surface area contributed by atoms with Crippen molar-refractivity contribution in [2.24, 2.45) is 11.8 Å². The number of piperidine rings is 3. The summed E-state index contributed by atoms with van der Waals surface area (Å²) in [6.07, 6.45) is 3.73. The number of fused-ring (bicyclic) bond motifs is 4. The number of hydrogen-bond acceptors (Lipinski definition) is 5. The van der Waals surface area contributed by atoms with Crippen LogP contribution in [0, 0.1) is 11.8 Å². The molecule has 2 amide bonds. The highest BCUT2D eigenvalue weighted by molar-refractivity contribution is 5.92. The molecule has 3 fully saturated rings. The predicted molar refractivity (Wildman–Crippen MR) is 97.2 cm³/mol. The fraction of sp³-hybridized carbons (Fsp3) is 0.647. The molecule has 4 heterocycles. The molecule has 3 aliphatic heterocycles. The van der Waals surface area contributed by atoms with E-state index in [9.17, 15) is 14.4 Å². The number of aromatic amines is 1. The van der Waals surface area contributed by atoms with Crippen LogP contribution in [0.25, 0.3) is 0 Å². The van der Waals surface area contributed by atoms with Gasteiger partial charge in [0.15, 0.2) is 0 Å². The Balaban J connectivity index is 0.00000196. The van der Waals surface area contributed by atoms with Gasteiger partial charge in [-0.25, -0.2) is 5.10 Å². The molecule has 8 nitrogen and oxygen atoms in total. The van der Waals surface area contributed by atoms with E-state index in [1.165, 1.54) is 12.1 Å². The molecule has 26 heavy (non-hydrogen) atoms. The minimum Gasteiger partial charge on any atom is -0.349 e. The molecule has 0 radical (unpaired) electrons. The minimum absolute atomic E-state index is 0. The normalized spacial score (nSPS) is 30.2. The largest absolute Gasteiger partial charge is 0.349 e. The van der Waals surface area contributed by atoms with Gasteiger partial charge in [0.2, 0.25) is 5.91 Å². The maximum atomic E-state index is 12.6. The van der Waals surface area contributed by atoms with Crippen molar-refractivity contribution in [2.45, 2.75) is 37.8 Å². The average molecular weight is 382 g/mol. The number of halogens is 1. The number of rotatable bonds is 3. The number of hydrogen-bond donors (Lipinski definition) is 3. The zero-order valence-corrected chi connectivity index (χ0v) is 15.3. The summed E-state index contributed by atoms with van der Waals surface area (Å²) >= 11 is 0. The Bertz CT molecular complexity index is 719. The van der Waals surface area contributed by atoms with Gasteiger partial charge in [0, 0.05) is 31.6 Å². The van der Waals surface area contributed by atoms with Gasteiger partial charge < -0.3 is 15.5 Å². The monoisotopic (exact) mass is 381 g/mol. The fourth-order valence-corrected chi connectivity index (χ4v) is 4.66. The Morgan fingerprint density at radius 3 is 2.85 bits per heavy atom. The lowest BCUT2D eigenvalue weighted by atomic mass is 9.72. The first-order valence-corrected chi connectivity index (χ1v) is 8.99. The van der Waals surface area contributed by atoms with Crippen molar-refractivity contribution in [3.63, 3.8) is 0 Å². The molecule has 1 aromatic rings. The van der Waals surface area contributed by atoms with Crippen molar-refractivity contribution >= 4 is 24.2 Å². The van der Waals surface area contributed by atoms with Gasteiger partial charge in [-0.2, -0.15) is 5.10 Å². The Labute approximate surface area is 157 Å². The van der Waals surface area contributed by atoms with E-state index in [-0.39, 0.29) is 41.5 Å². The second kappa shape index (κ2) is 7.75. The van der Waals surface area contributed by atoms with E-state index in [1.807, 2.05) is 0 Å². The number of aromatic nitrogens is 2. The fourth-order valence-electron chi connectivity index (χ4n) is 4.66. The number of amides is 2. The van der Waals surface area contributed by atoms with Crippen molar-refractivity contribution in [1.82, 2.24) is 25.7 Å². The Hall–Kier alpha value is -1.93. The number of carbonyl (C=O) groups excluding carboxylic acids is 2. The van der Waals surface area contributed by atoms with E-state index >= 15 is 0 Å². The number of nitrogens with zero attached hydrogens (tertiary/aromatic N) is 2. The Morgan fingerprint density at radius 2 is 2.08 bits per heavy atom. The molecule has 2 bridgehead atoms. The predicted octanol–water partition coefficient (Wildman–Crippen LogP) is -0.0895. The lowest BCUT2D eigenvalue weighted by molar-refractivity contribution is -0.148. The van der Waals surface area contributed by atoms with E-state index < -0.39 is 0 Å². The molecule has 1 aromatic heterocycles. The Kier molecular flexibility index (Phi) is 5.62. The van der Waals surface area contributed by atoms with Crippen LogP contribution in [0.15, 0.2) is 16.9 Å². The highest BCUT2D eigenvalue weighted by Crippen LogP contribution is 2.39. The molecule has 142 valence electrons. The molecule has 4 atom stereocenters. The molecule has 4 rings (SSSR count). The van der Waals surface area contributed by atoms with Gasteiger partial charge in [-0.05, 0) is 43.7 Å². The number of H-pyrrole nitrogens is 1. The first kappa shape index (κ1) is 18.8. The first-order chi connectivity index (χ1) is 12.1. The third kappa shape index (κ3) is 3.48. The zero-order valence-electron chi connectivity index (χ0n) is 14.4. The van der Waals surface area contributed by atoms with Crippen LogP contribution >= 0.6 is 12.4 Å². The van der Waals surface area contributed by atoms with E-state index in [4.69, 9.17) is 0 Å². The van der Waals surface area contributed by atoms with Gasteiger partial charge >= 0.3 is 0 Å². The van der Waals surface area contributed by atoms with E-state index in [0.29, 0.717) is 30.8 Å². The van der Waals surface area contributed by atoms with Crippen LogP contribution in [0.4, 0.5) is 0 Å². The number of nitrogens with one attached hydrogen (secondary N) is 3. The van der Waals surface area contributed by atoms with Gasteiger partial charge in [-0.1, -0.05) is 0 Å². The summed E-state index contributed by atoms with van der Waals surface area (Å²) in [6.45, 7) is 2.27. The van der Waals surface area contributed by atoms with Crippen molar-refractivity contribution in [2.75, 3.05) is 19.6 Å². The highest BCUT2D eigenvalue weighted by Gasteiger charge is 2.47. The second-order valence-electron chi connectivity index (χ2n) is 7.26. The van der Waals surface area contributed by atoms with Crippen LogP contribution in [0.1, 0.15) is 36.2 Å². The van der Waals surface area contributed by atoms with Crippen LogP contribution in [-0.2, 0) is 4.79 Å². The Morgan fingerprint density at radius 1 is 1.27 bits per heavy atom. The number of carbonyl (C=O) groups is 2. The van der Waals surface area contributed by atoms with E-state index in [0.717, 1.165) is 32.4 Å². The maximum Gasteiger partial charge on any atom is 0.271 e. The van der Waals surface area contributed by atoms with Gasteiger partial charge in [0.25, 0.3) is 11.5 Å². The van der Waals surface area contributed by atoms with Gasteiger partial charge in [0.05, 0.1) is 6.04 Å². The van der Waals surface area contributed by atoms with Crippen LogP contribution in [0.3, 0.4) is 0 Å². The molecular weight excluding hydrogens is 358 g/mol. The summed E-state index contributed by atoms with van der Waals surface area (Å²) in [4.78, 5) is 38.0. The smallest absolute Gasteiger partial charge is 0.271 e. The zero-order chi connectivity index (χ0) is 17.4. The van der Waals surface area contributed by atoms with Gasteiger partial charge in [-0.3, -0.25) is 14.4 Å². The quantitative estimate of drug-likeness (QED) is 0.678. The lowest BCUT2D eigenvalue weighted by Crippen LogP contribution is -2.66. The third-order valence-corrected chi connectivity index (χ3v) is 5.78. The summed E-state index contributed by atoms with van der Waals surface area (Å²) in [7, 11) is 0. The molecule has 0 aliphatic carbocycles. The van der Waals surface area contributed by atoms with Crippen molar-refractivity contribution in [1.29, 1.82) is 0 Å². The van der Waals surface area contributed by atoms with Crippen molar-refractivity contribution in [3.05, 3.63) is 28.2 Å². The van der Waals surface area contributed by atoms with E-state index in [1.54, 1.807) is 0 Å². The minimum atomic E-state index is -0.343. The topological polar surface area (TPSA) is 107 Å². The summed E-state index contributed by atoms with van der Waals surface area (Å²) in [5, 5.41) is 12.4. The summed E-state index contributed by atoms with van der Waals surface area (Å²) in [5.41, 5.74) is -0.165. The SMILES string of the molecule is Cl.O=C(NC[C@H]1[C@@H]2CNC[C@@H](C2)[C@@H]2CCCC(=O)N21)c1ccc(=O)[nH]n1.